The summed E-state index contributed by atoms with van der Waals surface area (Å²) in [7, 11) is 1.60. The first kappa shape index (κ1) is 24.1. The number of hydrogen-bond donors (Lipinski definition) is 1. The third kappa shape index (κ3) is 6.25. The number of rotatable bonds is 10. The van der Waals surface area contributed by atoms with Crippen LogP contribution in [0.2, 0.25) is 0 Å². The quantitative estimate of drug-likeness (QED) is 0.494. The number of hydrogen-bond acceptors (Lipinski definition) is 4. The molecule has 0 spiro atoms. The van der Waals surface area contributed by atoms with Crippen molar-refractivity contribution in [3.05, 3.63) is 72.3 Å². The number of carbonyl (C=O) groups excluding carboxylic acids is 2. The van der Waals surface area contributed by atoms with E-state index in [0.717, 1.165) is 16.3 Å². The van der Waals surface area contributed by atoms with Crippen LogP contribution in [0.3, 0.4) is 0 Å². The fraction of sp³-hybridized carbons (Fsp3) is 0.333. The minimum absolute atomic E-state index is 0.0211. The molecule has 0 saturated carbocycles. The van der Waals surface area contributed by atoms with Crippen LogP contribution >= 0.6 is 0 Å². The fourth-order valence-corrected chi connectivity index (χ4v) is 3.81. The molecule has 0 aliphatic rings. The molecule has 0 bridgehead atoms. The number of nitrogens with zero attached hydrogens (tertiary/aromatic N) is 1. The number of nitrogens with one attached hydrogen (secondary N) is 1. The summed E-state index contributed by atoms with van der Waals surface area (Å²) in [6.07, 6.45) is 0.489. The van der Waals surface area contributed by atoms with Crippen molar-refractivity contribution in [2.24, 2.45) is 0 Å². The summed E-state index contributed by atoms with van der Waals surface area (Å²) in [6, 6.07) is 20.5. The molecule has 2 amide bonds. The molecule has 0 aliphatic carbocycles. The van der Waals surface area contributed by atoms with Gasteiger partial charge >= 0.3 is 0 Å². The molecule has 0 heterocycles. The normalized spacial score (nSPS) is 11.8. The molecule has 33 heavy (non-hydrogen) atoms. The van der Waals surface area contributed by atoms with E-state index >= 15 is 0 Å². The molecule has 3 aromatic rings. The summed E-state index contributed by atoms with van der Waals surface area (Å²) in [5.41, 5.74) is 0.878. The zero-order chi connectivity index (χ0) is 23.8. The number of methoxy groups -OCH3 is 1. The standard InChI is InChI=1S/C27H32N2O4/c1-5-24(27(31)28-19(2)3)29(17-20-10-8-13-22(16-20)32-4)26(30)18-33-25-15-9-12-21-11-6-7-14-23(21)25/h6-16,19,24H,5,17-18H2,1-4H3,(H,28,31). The second-order valence-corrected chi connectivity index (χ2v) is 8.23. The lowest BCUT2D eigenvalue weighted by Gasteiger charge is -2.31. The first-order chi connectivity index (χ1) is 15.9. The predicted molar refractivity (Wildman–Crippen MR) is 130 cm³/mol. The lowest BCUT2D eigenvalue weighted by atomic mass is 10.1. The maximum absolute atomic E-state index is 13.4. The molecule has 1 atom stereocenters. The zero-order valence-corrected chi connectivity index (χ0v) is 19.7. The molecule has 1 unspecified atom stereocenters. The Bertz CT molecular complexity index is 1090. The molecule has 0 aromatic heterocycles. The first-order valence-electron chi connectivity index (χ1n) is 11.3. The van der Waals surface area contributed by atoms with Crippen LogP contribution in [0.1, 0.15) is 32.8 Å². The smallest absolute Gasteiger partial charge is 0.261 e. The Hall–Kier alpha value is -3.54. The number of ether oxygens (including phenoxy) is 2. The molecule has 6 nitrogen and oxygen atoms in total. The Labute approximate surface area is 195 Å². The highest BCUT2D eigenvalue weighted by atomic mass is 16.5. The third-order valence-electron chi connectivity index (χ3n) is 5.40. The molecule has 0 fully saturated rings. The van der Waals surface area contributed by atoms with Gasteiger partial charge in [-0.3, -0.25) is 9.59 Å². The molecule has 3 aromatic carbocycles. The van der Waals surface area contributed by atoms with Gasteiger partial charge in [0.05, 0.1) is 7.11 Å². The largest absolute Gasteiger partial charge is 0.497 e. The van der Waals surface area contributed by atoms with Crippen molar-refractivity contribution in [1.29, 1.82) is 0 Å². The van der Waals surface area contributed by atoms with Gasteiger partial charge in [0.25, 0.3) is 5.91 Å². The molecule has 174 valence electrons. The van der Waals surface area contributed by atoms with Crippen molar-refractivity contribution in [2.75, 3.05) is 13.7 Å². The topological polar surface area (TPSA) is 67.9 Å². The second-order valence-electron chi connectivity index (χ2n) is 8.23. The van der Waals surface area contributed by atoms with Gasteiger partial charge in [0.2, 0.25) is 5.91 Å². The van der Waals surface area contributed by atoms with E-state index in [4.69, 9.17) is 9.47 Å². The average Bonchev–Trinajstić information content (AvgIpc) is 2.82. The lowest BCUT2D eigenvalue weighted by Crippen LogP contribution is -2.51. The van der Waals surface area contributed by atoms with Crippen LogP contribution in [-0.4, -0.2) is 42.5 Å². The maximum Gasteiger partial charge on any atom is 0.261 e. The molecule has 3 rings (SSSR count). The lowest BCUT2D eigenvalue weighted by molar-refractivity contribution is -0.143. The van der Waals surface area contributed by atoms with Crippen molar-refractivity contribution < 1.29 is 19.1 Å². The molecule has 0 saturated heterocycles. The number of fused-ring (bicyclic) bond motifs is 1. The van der Waals surface area contributed by atoms with Gasteiger partial charge in [0.15, 0.2) is 6.61 Å². The van der Waals surface area contributed by atoms with Gasteiger partial charge in [-0.25, -0.2) is 0 Å². The molecule has 0 aliphatic heterocycles. The molecule has 6 heteroatoms. The van der Waals surface area contributed by atoms with E-state index in [-0.39, 0.29) is 31.0 Å². The van der Waals surface area contributed by atoms with Gasteiger partial charge in [-0.1, -0.05) is 55.5 Å². The van der Waals surface area contributed by atoms with E-state index in [2.05, 4.69) is 5.32 Å². The van der Waals surface area contributed by atoms with Crippen LogP contribution < -0.4 is 14.8 Å². The van der Waals surface area contributed by atoms with Gasteiger partial charge in [-0.2, -0.15) is 0 Å². The van der Waals surface area contributed by atoms with Gasteiger partial charge in [0, 0.05) is 18.0 Å². The number of amides is 2. The molecule has 0 radical (unpaired) electrons. The number of carbonyl (C=O) groups is 2. The predicted octanol–water partition coefficient (Wildman–Crippen LogP) is 4.56. The molecular weight excluding hydrogens is 416 g/mol. The average molecular weight is 449 g/mol. The molecular formula is C27H32N2O4. The number of benzene rings is 3. The van der Waals surface area contributed by atoms with E-state index in [1.54, 1.807) is 12.0 Å². The summed E-state index contributed by atoms with van der Waals surface area (Å²) in [5.74, 6) is 0.916. The van der Waals surface area contributed by atoms with E-state index < -0.39 is 6.04 Å². The minimum atomic E-state index is -0.609. The summed E-state index contributed by atoms with van der Waals surface area (Å²) >= 11 is 0. The van der Waals surface area contributed by atoms with E-state index in [1.807, 2.05) is 87.5 Å². The monoisotopic (exact) mass is 448 g/mol. The SMILES string of the molecule is CCC(C(=O)NC(C)C)N(Cc1cccc(OC)c1)C(=O)COc1cccc2ccccc12. The van der Waals surface area contributed by atoms with Crippen LogP contribution in [0.25, 0.3) is 10.8 Å². The van der Waals surface area contributed by atoms with Crippen molar-refractivity contribution in [2.45, 2.75) is 45.8 Å². The van der Waals surface area contributed by atoms with Crippen molar-refractivity contribution >= 4 is 22.6 Å². The second kappa shape index (κ2) is 11.4. The summed E-state index contributed by atoms with van der Waals surface area (Å²) < 4.78 is 11.3. The highest BCUT2D eigenvalue weighted by molar-refractivity contribution is 5.90. The Morgan fingerprint density at radius 1 is 1.00 bits per heavy atom. The highest BCUT2D eigenvalue weighted by Gasteiger charge is 2.29. The summed E-state index contributed by atoms with van der Waals surface area (Å²) in [6.45, 7) is 5.83. The van der Waals surface area contributed by atoms with Gasteiger partial charge < -0.3 is 19.7 Å². The van der Waals surface area contributed by atoms with E-state index in [1.165, 1.54) is 0 Å². The van der Waals surface area contributed by atoms with Gasteiger partial charge in [-0.05, 0) is 49.4 Å². The van der Waals surface area contributed by atoms with Crippen LogP contribution in [-0.2, 0) is 16.1 Å². The Morgan fingerprint density at radius 2 is 1.73 bits per heavy atom. The maximum atomic E-state index is 13.4. The van der Waals surface area contributed by atoms with Gasteiger partial charge in [-0.15, -0.1) is 0 Å². The Balaban J connectivity index is 1.84. The highest BCUT2D eigenvalue weighted by Crippen LogP contribution is 2.25. The third-order valence-corrected chi connectivity index (χ3v) is 5.40. The van der Waals surface area contributed by atoms with E-state index in [0.29, 0.717) is 17.9 Å². The van der Waals surface area contributed by atoms with Crippen LogP contribution in [0.5, 0.6) is 11.5 Å². The van der Waals surface area contributed by atoms with Crippen molar-refractivity contribution in [3.8, 4) is 11.5 Å². The Morgan fingerprint density at radius 3 is 2.45 bits per heavy atom. The first-order valence-corrected chi connectivity index (χ1v) is 11.3. The zero-order valence-electron chi connectivity index (χ0n) is 19.7. The van der Waals surface area contributed by atoms with Crippen molar-refractivity contribution in [3.63, 3.8) is 0 Å². The van der Waals surface area contributed by atoms with Crippen LogP contribution in [0.4, 0.5) is 0 Å². The minimum Gasteiger partial charge on any atom is -0.497 e. The van der Waals surface area contributed by atoms with Crippen LogP contribution in [0.15, 0.2) is 66.7 Å². The molecule has 1 N–H and O–H groups in total. The fourth-order valence-electron chi connectivity index (χ4n) is 3.81. The summed E-state index contributed by atoms with van der Waals surface area (Å²) in [5, 5.41) is 4.92. The van der Waals surface area contributed by atoms with Crippen LogP contribution in [0, 0.1) is 0 Å². The Kier molecular flexibility index (Phi) is 8.30. The van der Waals surface area contributed by atoms with Gasteiger partial charge in [0.1, 0.15) is 17.5 Å². The summed E-state index contributed by atoms with van der Waals surface area (Å²) in [4.78, 5) is 27.9. The van der Waals surface area contributed by atoms with Crippen molar-refractivity contribution in [1.82, 2.24) is 10.2 Å². The van der Waals surface area contributed by atoms with E-state index in [9.17, 15) is 9.59 Å².